The highest BCUT2D eigenvalue weighted by atomic mass is 16.5. The van der Waals surface area contributed by atoms with Crippen molar-refractivity contribution in [2.45, 2.75) is 89.1 Å². The van der Waals surface area contributed by atoms with Gasteiger partial charge >= 0.3 is 0 Å². The number of carbonyl (C=O) groups excluding carboxylic acids is 5. The minimum atomic E-state index is -1.32. The van der Waals surface area contributed by atoms with Gasteiger partial charge in [0.1, 0.15) is 42.3 Å². The standard InChI is InChI=1S/C32H40N4O6/c1-3-32(2)31(41)34-26(20-22-14-16-24(17-15-22)42-21-23-10-5-4-6-11-23)30(40)36-18-9-13-27(36)29(39)33-25(28(38)35-32)12-7-8-19-37/h4-6,10-11,14-17,19,25-27H,3,7-9,12-13,18,20-21H2,1-2H3,(H,33,39)(H,34,41)(H,35,38)/t25-,26-,27+,32-/m0/s1. The molecule has 0 aromatic heterocycles. The van der Waals surface area contributed by atoms with Crippen LogP contribution in [0.2, 0.25) is 0 Å². The Kier molecular flexibility index (Phi) is 10.3. The highest BCUT2D eigenvalue weighted by molar-refractivity contribution is 5.99. The highest BCUT2D eigenvalue weighted by Gasteiger charge is 2.43. The second-order valence-electron chi connectivity index (χ2n) is 11.2. The molecule has 10 heteroatoms. The molecule has 10 nitrogen and oxygen atoms in total. The molecular formula is C32H40N4O6. The third-order valence-electron chi connectivity index (χ3n) is 8.11. The van der Waals surface area contributed by atoms with E-state index >= 15 is 0 Å². The van der Waals surface area contributed by atoms with Gasteiger partial charge in [0.2, 0.25) is 23.6 Å². The van der Waals surface area contributed by atoms with Crippen LogP contribution >= 0.6 is 0 Å². The molecule has 2 aromatic rings. The second kappa shape index (κ2) is 14.1. The summed E-state index contributed by atoms with van der Waals surface area (Å²) in [5.41, 5.74) is 0.540. The van der Waals surface area contributed by atoms with Gasteiger partial charge in [0.05, 0.1) is 0 Å². The molecule has 4 atom stereocenters. The van der Waals surface area contributed by atoms with E-state index in [9.17, 15) is 24.0 Å². The minimum absolute atomic E-state index is 0.205. The maximum absolute atomic E-state index is 13.9. The molecule has 0 aliphatic carbocycles. The van der Waals surface area contributed by atoms with Crippen LogP contribution in [-0.4, -0.2) is 65.0 Å². The average Bonchev–Trinajstić information content (AvgIpc) is 3.50. The first-order valence-corrected chi connectivity index (χ1v) is 14.7. The van der Waals surface area contributed by atoms with Crippen molar-refractivity contribution in [2.75, 3.05) is 6.54 Å². The Morgan fingerprint density at radius 1 is 0.952 bits per heavy atom. The maximum atomic E-state index is 13.9. The number of aldehydes is 1. The molecule has 2 aliphatic heterocycles. The molecule has 224 valence electrons. The van der Waals surface area contributed by atoms with Gasteiger partial charge in [-0.25, -0.2) is 0 Å². The van der Waals surface area contributed by atoms with E-state index in [-0.39, 0.29) is 31.6 Å². The molecule has 0 bridgehead atoms. The van der Waals surface area contributed by atoms with Gasteiger partial charge in [-0.1, -0.05) is 49.4 Å². The van der Waals surface area contributed by atoms with E-state index in [2.05, 4.69) is 16.0 Å². The second-order valence-corrected chi connectivity index (χ2v) is 11.2. The number of hydrogen-bond acceptors (Lipinski definition) is 6. The molecule has 0 unspecified atom stereocenters. The number of ether oxygens (including phenoxy) is 1. The first-order chi connectivity index (χ1) is 20.2. The normalized spacial score (nSPS) is 24.9. The van der Waals surface area contributed by atoms with Crippen LogP contribution in [0.5, 0.6) is 5.75 Å². The zero-order chi connectivity index (χ0) is 30.1. The molecule has 4 amide bonds. The number of benzene rings is 2. The molecule has 2 heterocycles. The zero-order valence-electron chi connectivity index (χ0n) is 24.3. The quantitative estimate of drug-likeness (QED) is 0.294. The topological polar surface area (TPSA) is 134 Å². The number of nitrogens with one attached hydrogen (secondary N) is 3. The predicted octanol–water partition coefficient (Wildman–Crippen LogP) is 2.44. The van der Waals surface area contributed by atoms with Gasteiger partial charge < -0.3 is 30.4 Å². The first kappa shape index (κ1) is 30.7. The summed E-state index contributed by atoms with van der Waals surface area (Å²) in [5, 5.41) is 8.50. The van der Waals surface area contributed by atoms with E-state index in [1.807, 2.05) is 54.6 Å². The fourth-order valence-electron chi connectivity index (χ4n) is 5.33. The van der Waals surface area contributed by atoms with Crippen LogP contribution in [-0.2, 0) is 37.0 Å². The van der Waals surface area contributed by atoms with E-state index in [0.29, 0.717) is 38.2 Å². The van der Waals surface area contributed by atoms with Crippen molar-refractivity contribution >= 4 is 29.9 Å². The molecule has 42 heavy (non-hydrogen) atoms. The molecule has 0 radical (unpaired) electrons. The van der Waals surface area contributed by atoms with Crippen LogP contribution in [0.15, 0.2) is 54.6 Å². The van der Waals surface area contributed by atoms with E-state index < -0.39 is 41.4 Å². The monoisotopic (exact) mass is 576 g/mol. The summed E-state index contributed by atoms with van der Waals surface area (Å²) in [6.07, 6.45) is 3.22. The lowest BCUT2D eigenvalue weighted by Crippen LogP contribution is -2.65. The van der Waals surface area contributed by atoms with Crippen molar-refractivity contribution in [1.82, 2.24) is 20.9 Å². The zero-order valence-corrected chi connectivity index (χ0v) is 24.3. The maximum Gasteiger partial charge on any atom is 0.246 e. The number of carbonyl (C=O) groups is 5. The number of hydrogen-bond donors (Lipinski definition) is 3. The van der Waals surface area contributed by atoms with E-state index in [0.717, 1.165) is 17.4 Å². The Balaban J connectivity index is 1.55. The van der Waals surface area contributed by atoms with Gasteiger partial charge in [0, 0.05) is 19.4 Å². The van der Waals surface area contributed by atoms with Crippen molar-refractivity contribution in [1.29, 1.82) is 0 Å². The van der Waals surface area contributed by atoms with Crippen LogP contribution in [0.4, 0.5) is 0 Å². The fourth-order valence-corrected chi connectivity index (χ4v) is 5.33. The van der Waals surface area contributed by atoms with Crippen LogP contribution in [0.25, 0.3) is 0 Å². The van der Waals surface area contributed by atoms with Crippen molar-refractivity contribution in [3.05, 3.63) is 65.7 Å². The largest absolute Gasteiger partial charge is 0.489 e. The summed E-state index contributed by atoms with van der Waals surface area (Å²) < 4.78 is 5.88. The number of fused-ring (bicyclic) bond motifs is 1. The lowest BCUT2D eigenvalue weighted by Gasteiger charge is -2.35. The highest BCUT2D eigenvalue weighted by Crippen LogP contribution is 2.23. The van der Waals surface area contributed by atoms with Crippen molar-refractivity contribution in [2.24, 2.45) is 0 Å². The number of amides is 4. The van der Waals surface area contributed by atoms with Gasteiger partial charge in [-0.2, -0.15) is 0 Å². The van der Waals surface area contributed by atoms with Crippen molar-refractivity contribution < 1.29 is 28.7 Å². The fraction of sp³-hybridized carbons (Fsp3) is 0.469. The average molecular weight is 577 g/mol. The van der Waals surface area contributed by atoms with Gasteiger partial charge in [-0.3, -0.25) is 19.2 Å². The molecule has 2 aromatic carbocycles. The number of rotatable bonds is 10. The molecule has 0 saturated carbocycles. The van der Waals surface area contributed by atoms with Gasteiger partial charge in [0.15, 0.2) is 0 Å². The lowest BCUT2D eigenvalue weighted by atomic mass is 9.94. The Morgan fingerprint density at radius 2 is 1.69 bits per heavy atom. The Labute approximate surface area is 246 Å². The number of unbranched alkanes of at least 4 members (excludes halogenated alkanes) is 1. The molecule has 2 saturated heterocycles. The molecule has 3 N–H and O–H groups in total. The summed E-state index contributed by atoms with van der Waals surface area (Å²) in [7, 11) is 0. The van der Waals surface area contributed by atoms with Gasteiger partial charge in [-0.15, -0.1) is 0 Å². The molecule has 4 rings (SSSR count). The van der Waals surface area contributed by atoms with Crippen LogP contribution in [0, 0.1) is 0 Å². The predicted molar refractivity (Wildman–Crippen MR) is 156 cm³/mol. The van der Waals surface area contributed by atoms with Crippen LogP contribution in [0.1, 0.15) is 63.5 Å². The summed E-state index contributed by atoms with van der Waals surface area (Å²) >= 11 is 0. The van der Waals surface area contributed by atoms with Crippen LogP contribution in [0.3, 0.4) is 0 Å². The van der Waals surface area contributed by atoms with Gasteiger partial charge in [0.25, 0.3) is 0 Å². The minimum Gasteiger partial charge on any atom is -0.489 e. The number of nitrogens with zero attached hydrogens (tertiary/aromatic N) is 1. The smallest absolute Gasteiger partial charge is 0.246 e. The Morgan fingerprint density at radius 3 is 2.38 bits per heavy atom. The molecule has 0 spiro atoms. The molecular weight excluding hydrogens is 536 g/mol. The first-order valence-electron chi connectivity index (χ1n) is 14.7. The SMILES string of the molecule is CC[C@]1(C)NC(=O)[C@H](CCCC=O)NC(=O)[C@H]2CCCN2C(=O)[C@H](Cc2ccc(OCc3ccccc3)cc2)NC1=O. The summed E-state index contributed by atoms with van der Waals surface area (Å²) in [6, 6.07) is 14.6. The van der Waals surface area contributed by atoms with Crippen molar-refractivity contribution in [3.8, 4) is 5.75 Å². The summed E-state index contributed by atoms with van der Waals surface area (Å²) in [4.78, 5) is 66.5. The van der Waals surface area contributed by atoms with Crippen LogP contribution < -0.4 is 20.7 Å². The van der Waals surface area contributed by atoms with Crippen molar-refractivity contribution in [3.63, 3.8) is 0 Å². The summed E-state index contributed by atoms with van der Waals surface area (Å²) in [6.45, 7) is 4.18. The van der Waals surface area contributed by atoms with E-state index in [4.69, 9.17) is 4.74 Å². The molecule has 2 aliphatic rings. The molecule has 2 fully saturated rings. The van der Waals surface area contributed by atoms with Gasteiger partial charge in [-0.05, 0) is 62.3 Å². The van der Waals surface area contributed by atoms with E-state index in [1.165, 1.54) is 4.90 Å². The van der Waals surface area contributed by atoms with E-state index in [1.54, 1.807) is 13.8 Å². The third kappa shape index (κ3) is 7.54. The third-order valence-corrected chi connectivity index (χ3v) is 8.11. The Hall–Kier alpha value is -4.21. The lowest BCUT2D eigenvalue weighted by molar-refractivity contribution is -0.144. The Bertz CT molecular complexity index is 1270. The summed E-state index contributed by atoms with van der Waals surface area (Å²) in [5.74, 6) is -1.04.